The van der Waals surface area contributed by atoms with Crippen LogP contribution in [0.4, 0.5) is 13.2 Å². The van der Waals surface area contributed by atoms with E-state index in [1.54, 1.807) is 48.5 Å². The topological polar surface area (TPSA) is 40.5 Å². The molecule has 0 saturated carbocycles. The van der Waals surface area contributed by atoms with E-state index >= 15 is 0 Å². The van der Waals surface area contributed by atoms with Gasteiger partial charge in [-0.2, -0.15) is 13.2 Å². The van der Waals surface area contributed by atoms with Crippen LogP contribution in [0.5, 0.6) is 0 Å². The van der Waals surface area contributed by atoms with Crippen molar-refractivity contribution in [3.05, 3.63) is 83.9 Å². The molecule has 0 amide bonds. The zero-order valence-electron chi connectivity index (χ0n) is 14.1. The number of carboxylic acids is 1. The number of halogens is 3. The number of aliphatic carboxylic acids is 1. The summed E-state index contributed by atoms with van der Waals surface area (Å²) in [6, 6.07) is 16.1. The first-order valence-electron chi connectivity index (χ1n) is 8.14. The molecule has 0 aliphatic carbocycles. The lowest BCUT2D eigenvalue weighted by atomic mass is 10.1. The molecule has 0 bridgehead atoms. The van der Waals surface area contributed by atoms with E-state index in [-0.39, 0.29) is 13.1 Å². The molecule has 0 radical (unpaired) electrons. The summed E-state index contributed by atoms with van der Waals surface area (Å²) in [6.45, 7) is 0.224. The van der Waals surface area contributed by atoms with Gasteiger partial charge in [0.25, 0.3) is 0 Å². The highest BCUT2D eigenvalue weighted by Gasteiger charge is 2.42. The maximum Gasteiger partial charge on any atom is 0.404 e. The summed E-state index contributed by atoms with van der Waals surface area (Å²) in [4.78, 5) is 11.9. The third-order valence-corrected chi connectivity index (χ3v) is 3.90. The van der Waals surface area contributed by atoms with Crippen molar-refractivity contribution >= 4 is 5.97 Å². The van der Waals surface area contributed by atoms with Crippen LogP contribution in [0.15, 0.2) is 72.8 Å². The summed E-state index contributed by atoms with van der Waals surface area (Å²) >= 11 is 0. The van der Waals surface area contributed by atoms with Crippen molar-refractivity contribution < 1.29 is 23.1 Å². The molecule has 6 heteroatoms. The van der Waals surface area contributed by atoms with E-state index in [0.29, 0.717) is 0 Å². The number of carboxylic acid groups (broad SMARTS) is 1. The van der Waals surface area contributed by atoms with Gasteiger partial charge in [0.2, 0.25) is 0 Å². The van der Waals surface area contributed by atoms with Crippen LogP contribution in [-0.2, 0) is 17.9 Å². The fourth-order valence-electron chi connectivity index (χ4n) is 2.70. The largest absolute Gasteiger partial charge is 0.478 e. The van der Waals surface area contributed by atoms with Crippen LogP contribution in [0.25, 0.3) is 0 Å². The predicted molar refractivity (Wildman–Crippen MR) is 93.4 cm³/mol. The Bertz CT molecular complexity index is 673. The number of alkyl halides is 3. The summed E-state index contributed by atoms with van der Waals surface area (Å²) in [7, 11) is 0. The van der Waals surface area contributed by atoms with Gasteiger partial charge >= 0.3 is 12.1 Å². The van der Waals surface area contributed by atoms with Gasteiger partial charge in [0.05, 0.1) is 0 Å². The zero-order chi connectivity index (χ0) is 19.0. The highest BCUT2D eigenvalue weighted by molar-refractivity contribution is 5.79. The standard InChI is InChI=1S/C20H20F3NO2/c21-20(22,23)18(12-7-13-19(25)26)24(14-16-8-3-1-4-9-16)15-17-10-5-2-6-11-17/h1-11,13,18H,12,14-15H2,(H,25,26)/b13-7+. The highest BCUT2D eigenvalue weighted by atomic mass is 19.4. The van der Waals surface area contributed by atoms with E-state index in [9.17, 15) is 18.0 Å². The molecular formula is C20H20F3NO2. The van der Waals surface area contributed by atoms with Crippen LogP contribution in [0, 0.1) is 0 Å². The van der Waals surface area contributed by atoms with E-state index in [1.165, 1.54) is 4.90 Å². The molecule has 0 aromatic heterocycles. The number of nitrogens with zero attached hydrogens (tertiary/aromatic N) is 1. The zero-order valence-corrected chi connectivity index (χ0v) is 14.1. The molecule has 2 aromatic carbocycles. The minimum atomic E-state index is -4.48. The fraction of sp³-hybridized carbons (Fsp3) is 0.250. The number of hydrogen-bond acceptors (Lipinski definition) is 2. The van der Waals surface area contributed by atoms with Crippen molar-refractivity contribution in [3.8, 4) is 0 Å². The van der Waals surface area contributed by atoms with Crippen LogP contribution in [0.3, 0.4) is 0 Å². The third-order valence-electron chi connectivity index (χ3n) is 3.90. The normalized spacial score (nSPS) is 13.2. The molecule has 138 valence electrons. The summed E-state index contributed by atoms with van der Waals surface area (Å²) in [5.41, 5.74) is 1.53. The summed E-state index contributed by atoms with van der Waals surface area (Å²) in [6.07, 6.45) is -3.09. The molecule has 0 saturated heterocycles. The van der Waals surface area contributed by atoms with Crippen LogP contribution >= 0.6 is 0 Å². The van der Waals surface area contributed by atoms with Gasteiger partial charge in [-0.3, -0.25) is 4.90 Å². The van der Waals surface area contributed by atoms with E-state index in [4.69, 9.17) is 5.11 Å². The third kappa shape index (κ3) is 6.37. The van der Waals surface area contributed by atoms with Crippen molar-refractivity contribution in [3.63, 3.8) is 0 Å². The molecule has 26 heavy (non-hydrogen) atoms. The Morgan fingerprint density at radius 3 is 1.81 bits per heavy atom. The highest BCUT2D eigenvalue weighted by Crippen LogP contribution is 2.30. The van der Waals surface area contributed by atoms with Crippen LogP contribution in [0.2, 0.25) is 0 Å². The van der Waals surface area contributed by atoms with Gasteiger partial charge in [-0.1, -0.05) is 66.7 Å². The van der Waals surface area contributed by atoms with Gasteiger partial charge in [0, 0.05) is 19.2 Å². The molecule has 0 fully saturated rings. The Labute approximate surface area is 150 Å². The first-order valence-corrected chi connectivity index (χ1v) is 8.14. The number of rotatable bonds is 8. The number of benzene rings is 2. The maximum atomic E-state index is 13.7. The van der Waals surface area contributed by atoms with Crippen molar-refractivity contribution in [2.45, 2.75) is 31.7 Å². The molecule has 1 unspecified atom stereocenters. The van der Waals surface area contributed by atoms with Gasteiger partial charge in [0.1, 0.15) is 6.04 Å². The fourth-order valence-corrected chi connectivity index (χ4v) is 2.70. The van der Waals surface area contributed by atoms with E-state index in [1.807, 2.05) is 12.1 Å². The quantitative estimate of drug-likeness (QED) is 0.694. The summed E-state index contributed by atoms with van der Waals surface area (Å²) in [5, 5.41) is 8.66. The second-order valence-corrected chi connectivity index (χ2v) is 5.91. The molecular weight excluding hydrogens is 343 g/mol. The van der Waals surface area contributed by atoms with E-state index in [2.05, 4.69) is 0 Å². The van der Waals surface area contributed by atoms with Crippen molar-refractivity contribution in [1.82, 2.24) is 4.90 Å². The minimum Gasteiger partial charge on any atom is -0.478 e. The van der Waals surface area contributed by atoms with Crippen molar-refractivity contribution in [2.24, 2.45) is 0 Å². The molecule has 2 aromatic rings. The maximum absolute atomic E-state index is 13.7. The lowest BCUT2D eigenvalue weighted by Crippen LogP contribution is -2.44. The van der Waals surface area contributed by atoms with Crippen LogP contribution in [-0.4, -0.2) is 28.2 Å². The van der Waals surface area contributed by atoms with Crippen molar-refractivity contribution in [1.29, 1.82) is 0 Å². The van der Waals surface area contributed by atoms with Gasteiger partial charge in [-0.15, -0.1) is 0 Å². The first-order chi connectivity index (χ1) is 12.4. The Morgan fingerprint density at radius 1 is 0.962 bits per heavy atom. The van der Waals surface area contributed by atoms with E-state index < -0.39 is 24.6 Å². The monoisotopic (exact) mass is 363 g/mol. The van der Waals surface area contributed by atoms with Crippen LogP contribution < -0.4 is 0 Å². The second-order valence-electron chi connectivity index (χ2n) is 5.91. The van der Waals surface area contributed by atoms with Gasteiger partial charge < -0.3 is 5.11 Å². The lowest BCUT2D eigenvalue weighted by Gasteiger charge is -2.33. The van der Waals surface area contributed by atoms with Crippen LogP contribution in [0.1, 0.15) is 17.5 Å². The Balaban J connectivity index is 2.29. The molecule has 2 rings (SSSR count). The Hall–Kier alpha value is -2.60. The predicted octanol–water partition coefficient (Wildman–Crippen LogP) is 4.65. The van der Waals surface area contributed by atoms with E-state index in [0.717, 1.165) is 23.3 Å². The minimum absolute atomic E-state index is 0.112. The molecule has 0 spiro atoms. The number of hydrogen-bond donors (Lipinski definition) is 1. The smallest absolute Gasteiger partial charge is 0.404 e. The molecule has 1 atom stereocenters. The average molecular weight is 363 g/mol. The van der Waals surface area contributed by atoms with Gasteiger partial charge in [0.15, 0.2) is 0 Å². The molecule has 0 aliphatic rings. The molecule has 0 heterocycles. The molecule has 3 nitrogen and oxygen atoms in total. The average Bonchev–Trinajstić information content (AvgIpc) is 2.59. The van der Waals surface area contributed by atoms with Gasteiger partial charge in [-0.05, 0) is 17.5 Å². The Morgan fingerprint density at radius 2 is 1.42 bits per heavy atom. The lowest BCUT2D eigenvalue weighted by molar-refractivity contribution is -0.186. The van der Waals surface area contributed by atoms with Crippen molar-refractivity contribution in [2.75, 3.05) is 0 Å². The molecule has 1 N–H and O–H groups in total. The first kappa shape index (κ1) is 19.7. The summed E-state index contributed by atoms with van der Waals surface area (Å²) in [5.74, 6) is -1.26. The van der Waals surface area contributed by atoms with Gasteiger partial charge in [-0.25, -0.2) is 4.79 Å². The SMILES string of the molecule is O=C(O)/C=C/CC(N(Cc1ccccc1)Cc1ccccc1)C(F)(F)F. The summed E-state index contributed by atoms with van der Waals surface area (Å²) < 4.78 is 41.0. The second kappa shape index (κ2) is 9.20. The molecule has 0 aliphatic heterocycles. The number of carbonyl (C=O) groups is 1. The Kier molecular flexibility index (Phi) is 6.97.